The Hall–Kier alpha value is -4.70. The number of nitrogens with zero attached hydrogens (tertiary/aromatic N) is 1. The van der Waals surface area contributed by atoms with Gasteiger partial charge in [-0.05, 0) is 49.8 Å². The Balaban J connectivity index is 1.39. The zero-order valence-electron chi connectivity index (χ0n) is 22.2. The highest BCUT2D eigenvalue weighted by atomic mass is 32.1. The molecule has 9 nitrogen and oxygen atoms in total. The smallest absolute Gasteiger partial charge is 0.338 e. The summed E-state index contributed by atoms with van der Waals surface area (Å²) >= 11 is 5.31. The first kappa shape index (κ1) is 28.3. The molecule has 1 heterocycles. The maximum atomic E-state index is 12.7. The van der Waals surface area contributed by atoms with E-state index in [0.717, 1.165) is 5.56 Å². The van der Waals surface area contributed by atoms with Crippen LogP contribution in [0.5, 0.6) is 11.5 Å². The second-order valence-electron chi connectivity index (χ2n) is 8.72. The van der Waals surface area contributed by atoms with Gasteiger partial charge in [0, 0.05) is 16.8 Å². The summed E-state index contributed by atoms with van der Waals surface area (Å²) in [7, 11) is 0. The number of hydrazone groups is 1. The van der Waals surface area contributed by atoms with Crippen molar-refractivity contribution in [3.05, 3.63) is 107 Å². The molecule has 0 fully saturated rings. The van der Waals surface area contributed by atoms with E-state index in [0.29, 0.717) is 45.6 Å². The molecule has 40 heavy (non-hydrogen) atoms. The first-order valence-electron chi connectivity index (χ1n) is 12.7. The normalized spacial score (nSPS) is 14.8. The zero-order chi connectivity index (χ0) is 28.3. The van der Waals surface area contributed by atoms with E-state index in [1.54, 1.807) is 32.0 Å². The molecule has 1 aliphatic heterocycles. The zero-order valence-corrected chi connectivity index (χ0v) is 23.0. The lowest BCUT2D eigenvalue weighted by atomic mass is 9.95. The Morgan fingerprint density at radius 1 is 0.975 bits per heavy atom. The average Bonchev–Trinajstić information content (AvgIpc) is 2.96. The van der Waals surface area contributed by atoms with Crippen LogP contribution < -0.4 is 25.5 Å². The largest absolute Gasteiger partial charge is 0.488 e. The predicted octanol–water partition coefficient (Wildman–Crippen LogP) is 4.15. The van der Waals surface area contributed by atoms with E-state index in [-0.39, 0.29) is 13.2 Å². The molecular weight excluding hydrogens is 528 g/mol. The summed E-state index contributed by atoms with van der Waals surface area (Å²) in [5.41, 5.74) is 5.84. The van der Waals surface area contributed by atoms with Gasteiger partial charge < -0.3 is 24.8 Å². The van der Waals surface area contributed by atoms with Crippen molar-refractivity contribution in [1.82, 2.24) is 16.1 Å². The van der Waals surface area contributed by atoms with Crippen molar-refractivity contribution in [2.24, 2.45) is 5.10 Å². The topological polar surface area (TPSA) is 110 Å². The number of hydrogen-bond donors (Lipinski definition) is 3. The van der Waals surface area contributed by atoms with E-state index < -0.39 is 17.9 Å². The van der Waals surface area contributed by atoms with Crippen LogP contribution in [0.2, 0.25) is 0 Å². The molecule has 0 saturated heterocycles. The van der Waals surface area contributed by atoms with Crippen LogP contribution in [0, 0.1) is 0 Å². The Kier molecular flexibility index (Phi) is 9.84. The SMILES string of the molecule is CCOC(=O)C1=C(C)NC(=S)N[C@@H]1c1ccccc1OCC(=O)NN=Cc1ccccc1OCc1ccccc1. The van der Waals surface area contributed by atoms with Crippen LogP contribution in [-0.4, -0.2) is 36.4 Å². The molecule has 0 radical (unpaired) electrons. The summed E-state index contributed by atoms with van der Waals surface area (Å²) in [6, 6.07) is 23.7. The molecule has 0 aromatic heterocycles. The highest BCUT2D eigenvalue weighted by Gasteiger charge is 2.32. The number of benzene rings is 3. The molecule has 1 atom stereocenters. The van der Waals surface area contributed by atoms with E-state index in [1.165, 1.54) is 6.21 Å². The van der Waals surface area contributed by atoms with Gasteiger partial charge in [0.05, 0.1) is 24.4 Å². The van der Waals surface area contributed by atoms with Gasteiger partial charge in [-0.2, -0.15) is 5.10 Å². The summed E-state index contributed by atoms with van der Waals surface area (Å²) in [5, 5.41) is 10.5. The molecule has 10 heteroatoms. The van der Waals surface area contributed by atoms with Crippen LogP contribution in [0.4, 0.5) is 0 Å². The van der Waals surface area contributed by atoms with Crippen LogP contribution in [0.1, 0.15) is 36.6 Å². The average molecular weight is 559 g/mol. The van der Waals surface area contributed by atoms with Gasteiger partial charge in [-0.3, -0.25) is 4.79 Å². The van der Waals surface area contributed by atoms with Crippen LogP contribution in [0.3, 0.4) is 0 Å². The number of hydrogen-bond acceptors (Lipinski definition) is 7. The van der Waals surface area contributed by atoms with Crippen molar-refractivity contribution < 1.29 is 23.8 Å². The first-order chi connectivity index (χ1) is 19.5. The van der Waals surface area contributed by atoms with Gasteiger partial charge in [-0.25, -0.2) is 10.2 Å². The number of carbonyl (C=O) groups is 2. The van der Waals surface area contributed by atoms with Crippen LogP contribution in [0.25, 0.3) is 0 Å². The van der Waals surface area contributed by atoms with Gasteiger partial charge in [0.15, 0.2) is 11.7 Å². The number of ether oxygens (including phenoxy) is 3. The molecule has 206 valence electrons. The van der Waals surface area contributed by atoms with Gasteiger partial charge in [0.25, 0.3) is 5.91 Å². The molecule has 0 saturated carbocycles. The Bertz CT molecular complexity index is 1420. The van der Waals surface area contributed by atoms with Crippen LogP contribution >= 0.6 is 12.2 Å². The number of allylic oxidation sites excluding steroid dienone is 1. The second kappa shape index (κ2) is 13.9. The second-order valence-corrected chi connectivity index (χ2v) is 9.13. The molecule has 1 amide bonds. The fourth-order valence-corrected chi connectivity index (χ4v) is 4.33. The van der Waals surface area contributed by atoms with E-state index >= 15 is 0 Å². The third-order valence-electron chi connectivity index (χ3n) is 5.90. The lowest BCUT2D eigenvalue weighted by Crippen LogP contribution is -2.45. The number of nitrogens with one attached hydrogen (secondary N) is 3. The van der Waals surface area contributed by atoms with Gasteiger partial charge in [-0.1, -0.05) is 60.7 Å². The minimum Gasteiger partial charge on any atom is -0.488 e. The molecule has 1 aliphatic rings. The van der Waals surface area contributed by atoms with E-state index in [1.807, 2.05) is 60.7 Å². The summed E-state index contributed by atoms with van der Waals surface area (Å²) in [5.74, 6) is 0.128. The molecule has 3 aromatic rings. The minimum absolute atomic E-state index is 0.231. The van der Waals surface area contributed by atoms with Crippen molar-refractivity contribution in [1.29, 1.82) is 0 Å². The van der Waals surface area contributed by atoms with Crippen molar-refractivity contribution in [2.75, 3.05) is 13.2 Å². The first-order valence-corrected chi connectivity index (χ1v) is 13.1. The number of amides is 1. The maximum absolute atomic E-state index is 12.7. The maximum Gasteiger partial charge on any atom is 0.338 e. The molecule has 0 aliphatic carbocycles. The van der Waals surface area contributed by atoms with Crippen LogP contribution in [0.15, 0.2) is 95.2 Å². The summed E-state index contributed by atoms with van der Waals surface area (Å²) < 4.78 is 17.0. The summed E-state index contributed by atoms with van der Waals surface area (Å²) in [6.45, 7) is 3.84. The third kappa shape index (κ3) is 7.45. The molecule has 0 bridgehead atoms. The van der Waals surface area contributed by atoms with Crippen LogP contribution in [-0.2, 0) is 20.9 Å². The molecular formula is C30H30N4O5S. The van der Waals surface area contributed by atoms with Crippen molar-refractivity contribution in [2.45, 2.75) is 26.5 Å². The van der Waals surface area contributed by atoms with E-state index in [2.05, 4.69) is 21.2 Å². The van der Waals surface area contributed by atoms with E-state index in [9.17, 15) is 9.59 Å². The highest BCUT2D eigenvalue weighted by Crippen LogP contribution is 2.33. The van der Waals surface area contributed by atoms with Crippen molar-refractivity contribution in [3.63, 3.8) is 0 Å². The standard InChI is InChI=1S/C30H30N4O5S/c1-3-37-29(36)27-20(2)32-30(40)33-28(27)23-14-8-10-16-25(23)39-19-26(35)34-31-17-22-13-7-9-15-24(22)38-18-21-11-5-4-6-12-21/h4-17,28H,3,18-19H2,1-2H3,(H,34,35)(H2,32,33,40)/t28-/m1/s1. The monoisotopic (exact) mass is 558 g/mol. The fraction of sp³-hybridized carbons (Fsp3) is 0.200. The quantitative estimate of drug-likeness (QED) is 0.139. The highest BCUT2D eigenvalue weighted by molar-refractivity contribution is 7.80. The van der Waals surface area contributed by atoms with Gasteiger partial charge in [0.2, 0.25) is 0 Å². The lowest BCUT2D eigenvalue weighted by Gasteiger charge is -2.30. The van der Waals surface area contributed by atoms with Gasteiger partial charge >= 0.3 is 5.97 Å². The molecule has 3 aromatic carbocycles. The molecule has 4 rings (SSSR count). The summed E-state index contributed by atoms with van der Waals surface area (Å²) in [6.07, 6.45) is 1.52. The number of carbonyl (C=O) groups excluding carboxylic acids is 2. The predicted molar refractivity (Wildman–Crippen MR) is 156 cm³/mol. The number of rotatable bonds is 11. The van der Waals surface area contributed by atoms with Crippen molar-refractivity contribution in [3.8, 4) is 11.5 Å². The van der Waals surface area contributed by atoms with Gasteiger partial charge in [-0.15, -0.1) is 0 Å². The molecule has 0 spiro atoms. The minimum atomic E-state index is -0.613. The molecule has 0 unspecified atom stereocenters. The Morgan fingerprint density at radius 2 is 1.68 bits per heavy atom. The lowest BCUT2D eigenvalue weighted by molar-refractivity contribution is -0.139. The summed E-state index contributed by atoms with van der Waals surface area (Å²) in [4.78, 5) is 25.3. The van der Waals surface area contributed by atoms with E-state index in [4.69, 9.17) is 26.4 Å². The van der Waals surface area contributed by atoms with Gasteiger partial charge in [0.1, 0.15) is 18.1 Å². The number of thiocarbonyl (C=S) groups is 1. The fourth-order valence-electron chi connectivity index (χ4n) is 4.06. The Morgan fingerprint density at radius 3 is 2.45 bits per heavy atom. The number of esters is 1. The molecule has 3 N–H and O–H groups in total. The Labute approximate surface area is 238 Å². The van der Waals surface area contributed by atoms with Crippen molar-refractivity contribution >= 4 is 35.4 Å². The number of para-hydroxylation sites is 2. The third-order valence-corrected chi connectivity index (χ3v) is 6.12.